The average Bonchev–Trinajstić information content (AvgIpc) is 2.96. The maximum Gasteiger partial charge on any atom is 0.337 e. The average molecular weight is 409 g/mol. The zero-order valence-electron chi connectivity index (χ0n) is 15.1. The summed E-state index contributed by atoms with van der Waals surface area (Å²) in [5.41, 5.74) is 6.72. The highest BCUT2D eigenvalue weighted by Crippen LogP contribution is 2.17. The largest absolute Gasteiger partial charge is 0.466 e. The number of hydrogen-bond donors (Lipinski definition) is 5. The lowest BCUT2D eigenvalue weighted by molar-refractivity contribution is -0.220. The van der Waals surface area contributed by atoms with Crippen molar-refractivity contribution < 1.29 is 24.3 Å². The van der Waals surface area contributed by atoms with Gasteiger partial charge in [-0.2, -0.15) is 0 Å². The molecule has 0 aliphatic carbocycles. The first-order valence-electron chi connectivity index (χ1n) is 8.62. The molecule has 28 heavy (non-hydrogen) atoms. The van der Waals surface area contributed by atoms with Crippen LogP contribution in [0.25, 0.3) is 0 Å². The van der Waals surface area contributed by atoms with E-state index < -0.39 is 18.1 Å². The van der Waals surface area contributed by atoms with E-state index in [1.54, 1.807) is 24.3 Å². The van der Waals surface area contributed by atoms with Gasteiger partial charge in [-0.15, -0.1) is 5.06 Å². The minimum absolute atomic E-state index is 0.0270. The van der Waals surface area contributed by atoms with Gasteiger partial charge in [-0.25, -0.2) is 4.79 Å². The number of aliphatic hydroxyl groups excluding tert-OH is 1. The third-order valence-corrected chi connectivity index (χ3v) is 4.05. The molecular weight excluding hydrogens is 386 g/mol. The van der Waals surface area contributed by atoms with Gasteiger partial charge in [0.1, 0.15) is 6.61 Å². The number of hydrogen-bond acceptors (Lipinski definition) is 7. The minimum Gasteiger partial charge on any atom is -0.466 e. The molecule has 1 unspecified atom stereocenters. The van der Waals surface area contributed by atoms with Crippen molar-refractivity contribution in [3.8, 4) is 0 Å². The molecule has 11 heteroatoms. The molecule has 1 aromatic carbocycles. The molecule has 0 spiro atoms. The second-order valence-electron chi connectivity index (χ2n) is 6.04. The Morgan fingerprint density at radius 3 is 2.54 bits per heavy atom. The lowest BCUT2D eigenvalue weighted by atomic mass is 10.1. The maximum atomic E-state index is 11.9. The van der Waals surface area contributed by atoms with Crippen LogP contribution < -0.4 is 16.4 Å². The van der Waals surface area contributed by atoms with E-state index in [9.17, 15) is 14.7 Å². The van der Waals surface area contributed by atoms with Crippen LogP contribution in [-0.4, -0.2) is 52.5 Å². The predicted molar refractivity (Wildman–Crippen MR) is 104 cm³/mol. The van der Waals surface area contributed by atoms with E-state index in [2.05, 4.69) is 10.6 Å². The Hall–Kier alpha value is -2.92. The number of amides is 1. The summed E-state index contributed by atoms with van der Waals surface area (Å²) in [5.74, 6) is -1.14. The minimum atomic E-state index is -1.08. The van der Waals surface area contributed by atoms with Crippen LogP contribution in [0.5, 0.6) is 0 Å². The Morgan fingerprint density at radius 2 is 1.93 bits per heavy atom. The Morgan fingerprint density at radius 1 is 1.29 bits per heavy atom. The predicted octanol–water partition coefficient (Wildman–Crippen LogP) is -0.498. The lowest BCUT2D eigenvalue weighted by Gasteiger charge is -2.18. The van der Waals surface area contributed by atoms with Crippen molar-refractivity contribution in [2.24, 2.45) is 5.73 Å². The molecule has 1 amide bonds. The molecule has 1 saturated heterocycles. The van der Waals surface area contributed by atoms with Crippen LogP contribution in [0.1, 0.15) is 24.0 Å². The molecule has 2 rings (SSSR count). The van der Waals surface area contributed by atoms with Gasteiger partial charge in [-0.1, -0.05) is 24.3 Å². The first-order valence-corrected chi connectivity index (χ1v) is 9.03. The molecule has 0 aromatic heterocycles. The van der Waals surface area contributed by atoms with Crippen LogP contribution in [0.15, 0.2) is 24.3 Å². The second kappa shape index (κ2) is 10.4. The first kappa shape index (κ1) is 21.4. The first-order chi connectivity index (χ1) is 13.3. The van der Waals surface area contributed by atoms with Crippen molar-refractivity contribution in [3.05, 3.63) is 35.4 Å². The summed E-state index contributed by atoms with van der Waals surface area (Å²) in [5, 5.41) is 23.1. The third kappa shape index (κ3) is 7.00. The standard InChI is InChI=1S/C17H23N5O5S/c18-16(19)20-7-8-21-17(28)26-10-12-3-1-11(2-4-12)9-15(25)27-22-13(23)5-6-14(22)24/h1-4,13,23H,5-10H2,(H,21,28)(H4,18,19,20). The van der Waals surface area contributed by atoms with Crippen molar-refractivity contribution in [1.29, 1.82) is 5.41 Å². The van der Waals surface area contributed by atoms with E-state index in [1.807, 2.05) is 0 Å². The number of benzene rings is 1. The van der Waals surface area contributed by atoms with Crippen LogP contribution in [-0.2, 0) is 32.2 Å². The normalized spacial score (nSPS) is 15.8. The number of nitrogens with zero attached hydrogens (tertiary/aromatic N) is 1. The van der Waals surface area contributed by atoms with Crippen molar-refractivity contribution >= 4 is 35.2 Å². The number of hydroxylamine groups is 2. The van der Waals surface area contributed by atoms with Gasteiger partial charge in [0.15, 0.2) is 12.2 Å². The van der Waals surface area contributed by atoms with Crippen molar-refractivity contribution in [2.75, 3.05) is 13.1 Å². The fraction of sp³-hybridized carbons (Fsp3) is 0.412. The van der Waals surface area contributed by atoms with Gasteiger partial charge in [0.2, 0.25) is 0 Å². The van der Waals surface area contributed by atoms with Crippen molar-refractivity contribution in [1.82, 2.24) is 15.7 Å². The van der Waals surface area contributed by atoms with Crippen LogP contribution in [0, 0.1) is 5.41 Å². The number of nitrogens with two attached hydrogens (primary N) is 1. The van der Waals surface area contributed by atoms with E-state index in [0.29, 0.717) is 18.7 Å². The SMILES string of the molecule is N=C(N)NCCNC(=S)OCc1ccc(CC(=O)ON2C(=O)CCC2O)cc1. The van der Waals surface area contributed by atoms with Crippen molar-refractivity contribution in [3.63, 3.8) is 0 Å². The van der Waals surface area contributed by atoms with Crippen molar-refractivity contribution in [2.45, 2.75) is 32.1 Å². The lowest BCUT2D eigenvalue weighted by Crippen LogP contribution is -2.37. The van der Waals surface area contributed by atoms with Gasteiger partial charge in [0.05, 0.1) is 6.42 Å². The number of nitrogens with one attached hydrogen (secondary N) is 3. The summed E-state index contributed by atoms with van der Waals surface area (Å²) in [6.07, 6.45) is -0.690. The summed E-state index contributed by atoms with van der Waals surface area (Å²) >= 11 is 5.04. The van der Waals surface area contributed by atoms with E-state index in [0.717, 1.165) is 10.6 Å². The summed E-state index contributed by atoms with van der Waals surface area (Å²) in [4.78, 5) is 28.4. The monoisotopic (exact) mass is 409 g/mol. The third-order valence-electron chi connectivity index (χ3n) is 3.78. The Kier molecular flexibility index (Phi) is 7.96. The number of ether oxygens (including phenoxy) is 1. The van der Waals surface area contributed by atoms with E-state index >= 15 is 0 Å². The Balaban J connectivity index is 1.71. The number of carbonyl (C=O) groups is 2. The van der Waals surface area contributed by atoms with Gasteiger partial charge < -0.3 is 31.0 Å². The van der Waals surface area contributed by atoms with Gasteiger partial charge >= 0.3 is 5.97 Å². The number of thiocarbonyl (C=S) groups is 1. The molecule has 1 heterocycles. The zero-order chi connectivity index (χ0) is 20.5. The van der Waals surface area contributed by atoms with E-state index in [4.69, 9.17) is 32.9 Å². The zero-order valence-corrected chi connectivity index (χ0v) is 16.0. The van der Waals surface area contributed by atoms with Gasteiger partial charge in [0, 0.05) is 25.9 Å². The molecule has 0 saturated carbocycles. The number of guanidine groups is 1. The summed E-state index contributed by atoms with van der Waals surface area (Å²) in [7, 11) is 0. The summed E-state index contributed by atoms with van der Waals surface area (Å²) in [6, 6.07) is 7.07. The highest BCUT2D eigenvalue weighted by atomic mass is 32.1. The topological polar surface area (TPSA) is 150 Å². The highest BCUT2D eigenvalue weighted by molar-refractivity contribution is 7.80. The van der Waals surface area contributed by atoms with E-state index in [-0.39, 0.29) is 37.0 Å². The van der Waals surface area contributed by atoms with Crippen LogP contribution in [0.3, 0.4) is 0 Å². The van der Waals surface area contributed by atoms with Gasteiger partial charge in [-0.3, -0.25) is 10.2 Å². The molecule has 0 radical (unpaired) electrons. The maximum absolute atomic E-state index is 11.9. The molecule has 6 N–H and O–H groups in total. The molecule has 1 atom stereocenters. The van der Waals surface area contributed by atoms with Gasteiger partial charge in [0.25, 0.3) is 11.1 Å². The molecule has 10 nitrogen and oxygen atoms in total. The fourth-order valence-corrected chi connectivity index (χ4v) is 2.54. The number of rotatable bonds is 8. The molecule has 1 aromatic rings. The van der Waals surface area contributed by atoms with Crippen LogP contribution in [0.4, 0.5) is 0 Å². The molecule has 0 bridgehead atoms. The molecule has 1 fully saturated rings. The van der Waals surface area contributed by atoms with Gasteiger partial charge in [-0.05, 0) is 23.3 Å². The van der Waals surface area contributed by atoms with E-state index in [1.165, 1.54) is 0 Å². The molecular formula is C17H23N5O5S. The smallest absolute Gasteiger partial charge is 0.337 e. The summed E-state index contributed by atoms with van der Waals surface area (Å²) < 4.78 is 5.41. The Labute approximate surface area is 167 Å². The quantitative estimate of drug-likeness (QED) is 0.166. The fourth-order valence-electron chi connectivity index (χ4n) is 2.38. The second-order valence-corrected chi connectivity index (χ2v) is 6.41. The highest BCUT2D eigenvalue weighted by Gasteiger charge is 2.32. The number of carbonyl (C=O) groups excluding carboxylic acids is 2. The summed E-state index contributed by atoms with van der Waals surface area (Å²) in [6.45, 7) is 1.17. The van der Waals surface area contributed by atoms with Crippen LogP contribution >= 0.6 is 12.2 Å². The number of aliphatic hydroxyl groups is 1. The van der Waals surface area contributed by atoms with Crippen LogP contribution in [0.2, 0.25) is 0 Å². The molecule has 1 aliphatic rings. The molecule has 152 valence electrons. The Bertz CT molecular complexity index is 727. The molecule has 1 aliphatic heterocycles.